The number of nitrogens with one attached hydrogen (secondary N) is 1. The topological polar surface area (TPSA) is 85.0 Å². The number of fused-ring (bicyclic) bond motifs is 5. The summed E-state index contributed by atoms with van der Waals surface area (Å²) in [6.07, 6.45) is 7.67. The van der Waals surface area contributed by atoms with Gasteiger partial charge >= 0.3 is 0 Å². The molecule has 0 radical (unpaired) electrons. The molecule has 1 aliphatic carbocycles. The smallest absolute Gasteiger partial charge is 0.252 e. The van der Waals surface area contributed by atoms with E-state index in [1.54, 1.807) is 12.3 Å². The van der Waals surface area contributed by atoms with Gasteiger partial charge in [0.2, 0.25) is 0 Å². The van der Waals surface area contributed by atoms with Crippen molar-refractivity contribution in [2.24, 2.45) is 5.92 Å². The maximum atomic E-state index is 13.1. The number of carbonyl (C=O) groups is 1. The first kappa shape index (κ1) is 21.5. The molecule has 8 nitrogen and oxygen atoms in total. The zero-order valence-electron chi connectivity index (χ0n) is 19.7. The molecule has 2 fully saturated rings. The van der Waals surface area contributed by atoms with Crippen LogP contribution in [0.25, 0.3) is 11.0 Å². The van der Waals surface area contributed by atoms with E-state index >= 15 is 0 Å². The van der Waals surface area contributed by atoms with Gasteiger partial charge in [-0.3, -0.25) is 9.59 Å². The van der Waals surface area contributed by atoms with Crippen molar-refractivity contribution in [3.05, 3.63) is 57.8 Å². The first-order valence-corrected chi connectivity index (χ1v) is 12.6. The lowest BCUT2D eigenvalue weighted by atomic mass is 9.83. The molecule has 2 aliphatic heterocycles. The van der Waals surface area contributed by atoms with Gasteiger partial charge in [-0.05, 0) is 44.2 Å². The third-order valence-corrected chi connectivity index (χ3v) is 7.88. The molecule has 8 heteroatoms. The molecule has 1 amide bonds. The molecule has 0 aromatic carbocycles. The molecule has 2 atom stereocenters. The zero-order valence-corrected chi connectivity index (χ0v) is 19.7. The van der Waals surface area contributed by atoms with Crippen LogP contribution in [0.15, 0.2) is 35.3 Å². The molecule has 1 N–H and O–H groups in total. The summed E-state index contributed by atoms with van der Waals surface area (Å²) in [4.78, 5) is 32.5. The molecule has 1 saturated heterocycles. The number of carbonyl (C=O) groups excluding carboxylic acids is 1. The number of pyridine rings is 2. The second kappa shape index (κ2) is 8.65. The summed E-state index contributed by atoms with van der Waals surface area (Å²) in [5, 5.41) is 8.59. The summed E-state index contributed by atoms with van der Waals surface area (Å²) in [5.74, 6) is 0.822. The fraction of sp³-hybridized carbons (Fsp3) is 0.538. The van der Waals surface area contributed by atoms with Gasteiger partial charge < -0.3 is 14.8 Å². The third kappa shape index (κ3) is 3.83. The minimum Gasteiger partial charge on any atom is -0.351 e. The summed E-state index contributed by atoms with van der Waals surface area (Å²) < 4.78 is 3.99. The Morgan fingerprint density at radius 3 is 2.88 bits per heavy atom. The van der Waals surface area contributed by atoms with Crippen molar-refractivity contribution in [2.75, 3.05) is 26.2 Å². The lowest BCUT2D eigenvalue weighted by Gasteiger charge is -2.42. The third-order valence-electron chi connectivity index (χ3n) is 7.88. The molecule has 178 valence electrons. The molecule has 6 rings (SSSR count). The molecule has 2 bridgehead atoms. The average molecular weight is 461 g/mol. The van der Waals surface area contributed by atoms with E-state index in [2.05, 4.69) is 21.4 Å². The van der Waals surface area contributed by atoms with Crippen molar-refractivity contribution < 1.29 is 4.79 Å². The minimum absolute atomic E-state index is 0.0597. The van der Waals surface area contributed by atoms with Crippen LogP contribution >= 0.6 is 0 Å². The number of nitrogens with zero attached hydrogens (tertiary/aromatic N) is 5. The van der Waals surface area contributed by atoms with Gasteiger partial charge in [-0.2, -0.15) is 5.10 Å². The maximum absolute atomic E-state index is 13.1. The number of aryl methyl sites for hydroxylation is 1. The summed E-state index contributed by atoms with van der Waals surface area (Å²) in [6.45, 7) is 6.05. The van der Waals surface area contributed by atoms with E-state index in [0.717, 1.165) is 67.9 Å². The van der Waals surface area contributed by atoms with Gasteiger partial charge in [0.05, 0.1) is 23.2 Å². The maximum Gasteiger partial charge on any atom is 0.252 e. The van der Waals surface area contributed by atoms with Crippen molar-refractivity contribution in [1.29, 1.82) is 0 Å². The normalized spacial score (nSPS) is 22.7. The van der Waals surface area contributed by atoms with E-state index in [0.29, 0.717) is 30.0 Å². The SMILES string of the molecule is Cc1cc(C(=O)NCCN2C[C@H]3C[C@@H](C2)c2cccc(=O)n2C3)c2cnn(C3CCCC3)c2n1. The van der Waals surface area contributed by atoms with Crippen molar-refractivity contribution in [3.63, 3.8) is 0 Å². The van der Waals surface area contributed by atoms with Gasteiger partial charge in [0.25, 0.3) is 11.5 Å². The van der Waals surface area contributed by atoms with Crippen LogP contribution in [0, 0.1) is 12.8 Å². The van der Waals surface area contributed by atoms with Gasteiger partial charge in [-0.25, -0.2) is 9.67 Å². The number of rotatable bonds is 5. The summed E-state index contributed by atoms with van der Waals surface area (Å²) in [6, 6.07) is 7.89. The van der Waals surface area contributed by atoms with Crippen LogP contribution in [-0.4, -0.2) is 56.3 Å². The summed E-state index contributed by atoms with van der Waals surface area (Å²) in [7, 11) is 0. The number of hydrogen-bond donors (Lipinski definition) is 1. The summed E-state index contributed by atoms with van der Waals surface area (Å²) >= 11 is 0. The van der Waals surface area contributed by atoms with Gasteiger partial charge in [0.1, 0.15) is 0 Å². The van der Waals surface area contributed by atoms with E-state index < -0.39 is 0 Å². The Morgan fingerprint density at radius 2 is 2.03 bits per heavy atom. The molecule has 3 aromatic heterocycles. The number of piperidine rings is 1. The Morgan fingerprint density at radius 1 is 1.18 bits per heavy atom. The van der Waals surface area contributed by atoms with Crippen LogP contribution in [0.1, 0.15) is 65.8 Å². The molecular formula is C26H32N6O2. The highest BCUT2D eigenvalue weighted by molar-refractivity contribution is 6.05. The number of likely N-dealkylation sites (tertiary alicyclic amines) is 1. The number of aromatic nitrogens is 4. The van der Waals surface area contributed by atoms with E-state index in [1.807, 2.05) is 28.3 Å². The van der Waals surface area contributed by atoms with Crippen molar-refractivity contribution in [1.82, 2.24) is 29.5 Å². The van der Waals surface area contributed by atoms with Crippen molar-refractivity contribution in [2.45, 2.75) is 57.5 Å². The standard InChI is InChI=1S/C26H32N6O2/c1-17-11-21(22-13-28-32(25(22)29-17)20-5-2-3-6-20)26(34)27-9-10-30-14-18-12-19(16-30)23-7-4-8-24(33)31(23)15-18/h4,7-8,11,13,18-20H,2-3,5-6,9-10,12,14-16H2,1H3,(H,27,34)/t18-,19+/m1/s1. The quantitative estimate of drug-likeness (QED) is 0.633. The second-order valence-corrected chi connectivity index (χ2v) is 10.3. The van der Waals surface area contributed by atoms with Gasteiger partial charge in [0, 0.05) is 56.1 Å². The Balaban J connectivity index is 1.13. The van der Waals surface area contributed by atoms with Crippen LogP contribution in [0.4, 0.5) is 0 Å². The fourth-order valence-electron chi connectivity index (χ4n) is 6.35. The van der Waals surface area contributed by atoms with Crippen LogP contribution in [0.2, 0.25) is 0 Å². The fourth-order valence-corrected chi connectivity index (χ4v) is 6.35. The molecule has 5 heterocycles. The van der Waals surface area contributed by atoms with Crippen molar-refractivity contribution >= 4 is 16.9 Å². The molecule has 0 spiro atoms. The molecule has 0 unspecified atom stereocenters. The largest absolute Gasteiger partial charge is 0.351 e. The lowest BCUT2D eigenvalue weighted by molar-refractivity contribution is 0.0929. The first-order chi connectivity index (χ1) is 16.6. The zero-order chi connectivity index (χ0) is 23.2. The van der Waals surface area contributed by atoms with Crippen LogP contribution in [0.5, 0.6) is 0 Å². The predicted octanol–water partition coefficient (Wildman–Crippen LogP) is 2.87. The molecular weight excluding hydrogens is 428 g/mol. The Kier molecular flexibility index (Phi) is 5.48. The lowest BCUT2D eigenvalue weighted by Crippen LogP contribution is -2.48. The van der Waals surface area contributed by atoms with E-state index in [4.69, 9.17) is 4.98 Å². The highest BCUT2D eigenvalue weighted by Crippen LogP contribution is 2.35. The average Bonchev–Trinajstić information content (AvgIpc) is 3.49. The number of hydrogen-bond acceptors (Lipinski definition) is 5. The molecule has 1 saturated carbocycles. The van der Waals surface area contributed by atoms with Crippen LogP contribution < -0.4 is 10.9 Å². The molecule has 3 aromatic rings. The number of amides is 1. The first-order valence-electron chi connectivity index (χ1n) is 12.6. The predicted molar refractivity (Wildman–Crippen MR) is 130 cm³/mol. The Labute approximate surface area is 199 Å². The van der Waals surface area contributed by atoms with Crippen LogP contribution in [-0.2, 0) is 6.54 Å². The van der Waals surface area contributed by atoms with Crippen molar-refractivity contribution in [3.8, 4) is 0 Å². The van der Waals surface area contributed by atoms with Gasteiger partial charge in [-0.1, -0.05) is 18.9 Å². The van der Waals surface area contributed by atoms with E-state index in [1.165, 1.54) is 12.8 Å². The molecule has 3 aliphatic rings. The van der Waals surface area contributed by atoms with E-state index in [-0.39, 0.29) is 11.5 Å². The summed E-state index contributed by atoms with van der Waals surface area (Å²) in [5.41, 5.74) is 3.61. The monoisotopic (exact) mass is 460 g/mol. The van der Waals surface area contributed by atoms with Gasteiger partial charge in [-0.15, -0.1) is 0 Å². The second-order valence-electron chi connectivity index (χ2n) is 10.3. The molecule has 34 heavy (non-hydrogen) atoms. The Bertz CT molecular complexity index is 1290. The highest BCUT2D eigenvalue weighted by atomic mass is 16.1. The van der Waals surface area contributed by atoms with Crippen LogP contribution in [0.3, 0.4) is 0 Å². The van der Waals surface area contributed by atoms with Gasteiger partial charge in [0.15, 0.2) is 5.65 Å². The van der Waals surface area contributed by atoms with E-state index in [9.17, 15) is 9.59 Å². The Hall–Kier alpha value is -3.00. The minimum atomic E-state index is -0.0597. The highest BCUT2D eigenvalue weighted by Gasteiger charge is 2.34.